The summed E-state index contributed by atoms with van der Waals surface area (Å²) >= 11 is 5.72. The lowest BCUT2D eigenvalue weighted by Crippen LogP contribution is -2.13. The van der Waals surface area contributed by atoms with Crippen LogP contribution in [-0.4, -0.2) is 23.3 Å². The predicted molar refractivity (Wildman–Crippen MR) is 70.1 cm³/mol. The summed E-state index contributed by atoms with van der Waals surface area (Å²) in [6, 6.07) is 3.84. The molecule has 1 aliphatic heterocycles. The van der Waals surface area contributed by atoms with Crippen molar-refractivity contribution in [1.82, 2.24) is 15.5 Å². The quantitative estimate of drug-likeness (QED) is 0.880. The van der Waals surface area contributed by atoms with Gasteiger partial charge in [-0.15, -0.1) is 5.10 Å². The first-order valence-electron chi connectivity index (χ1n) is 6.00. The van der Waals surface area contributed by atoms with Gasteiger partial charge in [0.1, 0.15) is 0 Å². The second kappa shape index (κ2) is 5.32. The van der Waals surface area contributed by atoms with Crippen LogP contribution in [0.1, 0.15) is 26.0 Å². The number of nitrogens with zero attached hydrogens (tertiary/aromatic N) is 2. The lowest BCUT2D eigenvalue weighted by molar-refractivity contribution is 0.483. The minimum atomic E-state index is 0. The molecule has 0 spiro atoms. The second-order valence-electron chi connectivity index (χ2n) is 5.07. The van der Waals surface area contributed by atoms with E-state index >= 15 is 0 Å². The minimum Gasteiger partial charge on any atom is -0.316 e. The summed E-state index contributed by atoms with van der Waals surface area (Å²) in [5.74, 6) is 2.61. The highest BCUT2D eigenvalue weighted by Gasteiger charge is 2.37. The fraction of sp³-hybridized carbons (Fsp3) is 0.692. The number of aromatic nitrogens is 2. The molecule has 1 N–H and O–H groups in total. The van der Waals surface area contributed by atoms with Crippen LogP contribution in [0.4, 0.5) is 0 Å². The molecular weight excluding hydrogens is 234 g/mol. The van der Waals surface area contributed by atoms with Gasteiger partial charge in [0.15, 0.2) is 5.15 Å². The monoisotopic (exact) mass is 253 g/mol. The van der Waals surface area contributed by atoms with Gasteiger partial charge in [0.25, 0.3) is 0 Å². The van der Waals surface area contributed by atoms with Crippen molar-refractivity contribution in [3.63, 3.8) is 0 Å². The molecule has 0 bridgehead atoms. The van der Waals surface area contributed by atoms with Gasteiger partial charge in [0.05, 0.1) is 5.69 Å². The van der Waals surface area contributed by atoms with Gasteiger partial charge in [-0.3, -0.25) is 0 Å². The van der Waals surface area contributed by atoms with Crippen molar-refractivity contribution in [3.05, 3.63) is 23.0 Å². The minimum absolute atomic E-state index is 0. The molecule has 2 aliphatic rings. The molecular formula is C13H20ClN3. The molecule has 1 aromatic rings. The van der Waals surface area contributed by atoms with Gasteiger partial charge >= 0.3 is 0 Å². The predicted octanol–water partition coefficient (Wildman–Crippen LogP) is 2.55. The maximum Gasteiger partial charge on any atom is 0.151 e. The molecule has 4 heteroatoms. The summed E-state index contributed by atoms with van der Waals surface area (Å²) in [4.78, 5) is 0. The first-order valence-corrected chi connectivity index (χ1v) is 6.38. The Morgan fingerprint density at radius 1 is 1.18 bits per heavy atom. The molecule has 1 aliphatic carbocycles. The van der Waals surface area contributed by atoms with Gasteiger partial charge in [-0.25, -0.2) is 0 Å². The van der Waals surface area contributed by atoms with Gasteiger partial charge in [-0.05, 0) is 62.2 Å². The largest absolute Gasteiger partial charge is 0.316 e. The highest BCUT2D eigenvalue weighted by Crippen LogP contribution is 2.39. The zero-order valence-electron chi connectivity index (χ0n) is 9.19. The zero-order chi connectivity index (χ0) is 11.0. The van der Waals surface area contributed by atoms with Gasteiger partial charge < -0.3 is 5.32 Å². The molecule has 1 unspecified atom stereocenters. The second-order valence-corrected chi connectivity index (χ2v) is 5.45. The Morgan fingerprint density at radius 3 is 2.47 bits per heavy atom. The summed E-state index contributed by atoms with van der Waals surface area (Å²) in [5.41, 5.74) is 1.09. The maximum absolute atomic E-state index is 5.72. The average Bonchev–Trinajstić information content (AvgIpc) is 2.81. The highest BCUT2D eigenvalue weighted by atomic mass is 35.5. The van der Waals surface area contributed by atoms with E-state index < -0.39 is 0 Å². The van der Waals surface area contributed by atoms with Crippen LogP contribution in [0.2, 0.25) is 5.15 Å². The Labute approximate surface area is 108 Å². The van der Waals surface area contributed by atoms with Gasteiger partial charge in [0, 0.05) is 0 Å². The third-order valence-electron chi connectivity index (χ3n) is 3.94. The molecule has 1 saturated heterocycles. The molecule has 0 amide bonds. The Balaban J connectivity index is 0.00000108. The van der Waals surface area contributed by atoms with Crippen LogP contribution in [0, 0.1) is 17.8 Å². The first kappa shape index (κ1) is 12.8. The van der Waals surface area contributed by atoms with E-state index in [9.17, 15) is 0 Å². The van der Waals surface area contributed by atoms with Crippen LogP contribution in [0.15, 0.2) is 12.1 Å². The standard InChI is InChI=1S/C12H16ClN3.CH4/c13-12-2-1-11(15-16-12)5-8-3-9-6-14-7-10(9)4-8;/h1-2,8-10,14H,3-7H2;1H4/t8?,9-,10+;. The topological polar surface area (TPSA) is 37.8 Å². The van der Waals surface area contributed by atoms with Crippen molar-refractivity contribution in [2.45, 2.75) is 26.7 Å². The number of hydrogen-bond donors (Lipinski definition) is 1. The molecule has 3 rings (SSSR count). The van der Waals surface area contributed by atoms with Crippen molar-refractivity contribution in [3.8, 4) is 0 Å². The molecule has 0 aromatic carbocycles. The van der Waals surface area contributed by atoms with E-state index in [1.165, 1.54) is 25.9 Å². The molecule has 0 radical (unpaired) electrons. The van der Waals surface area contributed by atoms with E-state index in [2.05, 4.69) is 15.5 Å². The Kier molecular flexibility index (Phi) is 4.00. The van der Waals surface area contributed by atoms with Crippen LogP contribution < -0.4 is 5.32 Å². The van der Waals surface area contributed by atoms with E-state index in [-0.39, 0.29) is 7.43 Å². The van der Waals surface area contributed by atoms with Gasteiger partial charge in [-0.2, -0.15) is 5.10 Å². The average molecular weight is 254 g/mol. The normalized spacial score (nSPS) is 31.0. The van der Waals surface area contributed by atoms with E-state index in [0.29, 0.717) is 5.15 Å². The van der Waals surface area contributed by atoms with Crippen molar-refractivity contribution in [2.75, 3.05) is 13.1 Å². The van der Waals surface area contributed by atoms with Crippen LogP contribution in [-0.2, 0) is 6.42 Å². The van der Waals surface area contributed by atoms with Gasteiger partial charge in [-0.1, -0.05) is 19.0 Å². The molecule has 2 heterocycles. The lowest BCUT2D eigenvalue weighted by atomic mass is 10.00. The van der Waals surface area contributed by atoms with Gasteiger partial charge in [0.2, 0.25) is 0 Å². The molecule has 1 saturated carbocycles. The summed E-state index contributed by atoms with van der Waals surface area (Å²) in [5, 5.41) is 12.0. The Hall–Kier alpha value is -0.670. The van der Waals surface area contributed by atoms with E-state index in [1.807, 2.05) is 12.1 Å². The number of hydrogen-bond acceptors (Lipinski definition) is 3. The number of fused-ring (bicyclic) bond motifs is 1. The molecule has 94 valence electrons. The third kappa shape index (κ3) is 2.78. The zero-order valence-corrected chi connectivity index (χ0v) is 9.95. The van der Waals surface area contributed by atoms with E-state index in [1.54, 1.807) is 0 Å². The fourth-order valence-electron chi connectivity index (χ4n) is 3.21. The summed E-state index contributed by atoms with van der Waals surface area (Å²) in [7, 11) is 0. The van der Waals surface area contributed by atoms with E-state index in [4.69, 9.17) is 11.6 Å². The highest BCUT2D eigenvalue weighted by molar-refractivity contribution is 6.29. The van der Waals surface area contributed by atoms with Crippen molar-refractivity contribution in [1.29, 1.82) is 0 Å². The van der Waals surface area contributed by atoms with Crippen molar-refractivity contribution < 1.29 is 0 Å². The lowest BCUT2D eigenvalue weighted by Gasteiger charge is -2.09. The molecule has 2 fully saturated rings. The smallest absolute Gasteiger partial charge is 0.151 e. The molecule has 3 atom stereocenters. The molecule has 3 nitrogen and oxygen atoms in total. The van der Waals surface area contributed by atoms with Crippen LogP contribution >= 0.6 is 11.6 Å². The molecule has 1 aromatic heterocycles. The van der Waals surface area contributed by atoms with Crippen LogP contribution in [0.5, 0.6) is 0 Å². The number of nitrogens with one attached hydrogen (secondary N) is 1. The Bertz CT molecular complexity index is 353. The van der Waals surface area contributed by atoms with Crippen LogP contribution in [0.3, 0.4) is 0 Å². The van der Waals surface area contributed by atoms with Crippen LogP contribution in [0.25, 0.3) is 0 Å². The van der Waals surface area contributed by atoms with Crippen molar-refractivity contribution >= 4 is 11.6 Å². The summed E-state index contributed by atoms with van der Waals surface area (Å²) in [6.45, 7) is 2.43. The number of rotatable bonds is 2. The van der Waals surface area contributed by atoms with Crippen molar-refractivity contribution in [2.24, 2.45) is 17.8 Å². The SMILES string of the molecule is C.Clc1ccc(CC2C[C@H]3CNC[C@H]3C2)nn1. The molecule has 17 heavy (non-hydrogen) atoms. The van der Waals surface area contributed by atoms with E-state index in [0.717, 1.165) is 29.9 Å². The fourth-order valence-corrected chi connectivity index (χ4v) is 3.31. The third-order valence-corrected chi connectivity index (χ3v) is 4.14. The maximum atomic E-state index is 5.72. The summed E-state index contributed by atoms with van der Waals surface area (Å²) < 4.78 is 0. The number of halogens is 1. The summed E-state index contributed by atoms with van der Waals surface area (Å²) in [6.07, 6.45) is 3.76. The first-order chi connectivity index (χ1) is 7.81. The Morgan fingerprint density at radius 2 is 1.88 bits per heavy atom.